The molecule has 56 valence electrons. The Morgan fingerprint density at radius 3 is 2.45 bits per heavy atom. The number of nitriles is 1. The second-order valence-electron chi connectivity index (χ2n) is 1.56. The maximum Gasteiger partial charge on any atom is 0.251 e. The van der Waals surface area contributed by atoms with Crippen LogP contribution in [-0.2, 0) is 0 Å². The lowest BCUT2D eigenvalue weighted by Crippen LogP contribution is -1.94. The molecular weight excluding hydrogens is 192 g/mol. The van der Waals surface area contributed by atoms with E-state index in [1.807, 2.05) is 0 Å². The van der Waals surface area contributed by atoms with Gasteiger partial charge in [-0.25, -0.2) is 9.97 Å². The molecule has 0 aliphatic rings. The molecule has 6 heteroatoms. The van der Waals surface area contributed by atoms with Gasteiger partial charge >= 0.3 is 0 Å². The molecule has 0 N–H and O–H groups in total. The van der Waals surface area contributed by atoms with E-state index in [-0.39, 0.29) is 10.8 Å². The first kappa shape index (κ1) is 8.18. The molecule has 11 heavy (non-hydrogen) atoms. The molecule has 0 saturated carbocycles. The van der Waals surface area contributed by atoms with Gasteiger partial charge in [-0.2, -0.15) is 9.65 Å². The molecule has 0 bridgehead atoms. The first-order valence-corrected chi connectivity index (χ1v) is 3.19. The fraction of sp³-hybridized carbons (Fsp3) is 0. The Labute approximate surface area is 71.4 Å². The zero-order valence-electron chi connectivity index (χ0n) is 4.98. The molecule has 0 atom stereocenters. The average molecular weight is 192 g/mol. The number of hydrogen-bond donors (Lipinski definition) is 0. The third-order valence-electron chi connectivity index (χ3n) is 0.878. The molecule has 0 aliphatic carbocycles. The Morgan fingerprint density at radius 1 is 1.27 bits per heavy atom. The summed E-state index contributed by atoms with van der Waals surface area (Å²) < 4.78 is 12.4. The summed E-state index contributed by atoms with van der Waals surface area (Å²) in [5.74, 6) is -0.993. The van der Waals surface area contributed by atoms with Crippen molar-refractivity contribution in [3.63, 3.8) is 0 Å². The summed E-state index contributed by atoms with van der Waals surface area (Å²) >= 11 is 10.6. The van der Waals surface area contributed by atoms with E-state index in [1.54, 1.807) is 6.07 Å². The van der Waals surface area contributed by atoms with Crippen LogP contribution in [0.1, 0.15) is 5.69 Å². The van der Waals surface area contributed by atoms with E-state index in [0.29, 0.717) is 0 Å². The van der Waals surface area contributed by atoms with Crippen LogP contribution in [0.3, 0.4) is 0 Å². The number of rotatable bonds is 0. The first-order chi connectivity index (χ1) is 5.15. The number of halogens is 3. The first-order valence-electron chi connectivity index (χ1n) is 2.43. The molecule has 1 aromatic heterocycles. The van der Waals surface area contributed by atoms with Gasteiger partial charge in [0, 0.05) is 0 Å². The lowest BCUT2D eigenvalue weighted by Gasteiger charge is -1.93. The topological polar surface area (TPSA) is 49.6 Å². The molecule has 1 heterocycles. The van der Waals surface area contributed by atoms with E-state index in [0.717, 1.165) is 0 Å². The van der Waals surface area contributed by atoms with Crippen LogP contribution in [0.25, 0.3) is 0 Å². The van der Waals surface area contributed by atoms with Crippen LogP contribution in [0, 0.1) is 17.3 Å². The van der Waals surface area contributed by atoms with Gasteiger partial charge in [-0.05, 0) is 0 Å². The SMILES string of the molecule is N#Cc1nc(F)c(Cl)nc1Cl. The van der Waals surface area contributed by atoms with Gasteiger partial charge < -0.3 is 0 Å². The third-order valence-corrected chi connectivity index (χ3v) is 1.38. The summed E-state index contributed by atoms with van der Waals surface area (Å²) in [7, 11) is 0. The van der Waals surface area contributed by atoms with Gasteiger partial charge in [0.05, 0.1) is 0 Å². The fourth-order valence-electron chi connectivity index (χ4n) is 0.447. The lowest BCUT2D eigenvalue weighted by atomic mass is 10.5. The van der Waals surface area contributed by atoms with E-state index >= 15 is 0 Å². The Balaban J connectivity index is 3.35. The molecular formula is C5Cl2FN3. The monoisotopic (exact) mass is 191 g/mol. The van der Waals surface area contributed by atoms with Crippen molar-refractivity contribution in [1.29, 1.82) is 5.26 Å². The van der Waals surface area contributed by atoms with E-state index in [9.17, 15) is 4.39 Å². The smallest absolute Gasteiger partial charge is 0.216 e. The number of hydrogen-bond acceptors (Lipinski definition) is 3. The van der Waals surface area contributed by atoms with E-state index in [2.05, 4.69) is 9.97 Å². The third kappa shape index (κ3) is 1.56. The summed E-state index contributed by atoms with van der Waals surface area (Å²) in [6.07, 6.45) is 0. The van der Waals surface area contributed by atoms with Gasteiger partial charge in [0.1, 0.15) is 6.07 Å². The van der Waals surface area contributed by atoms with Crippen molar-refractivity contribution in [3.8, 4) is 6.07 Å². The predicted octanol–water partition coefficient (Wildman–Crippen LogP) is 1.79. The van der Waals surface area contributed by atoms with Crippen molar-refractivity contribution in [2.75, 3.05) is 0 Å². The Bertz CT molecular complexity index is 333. The minimum Gasteiger partial charge on any atom is -0.216 e. The van der Waals surface area contributed by atoms with Crippen molar-refractivity contribution >= 4 is 23.2 Å². The van der Waals surface area contributed by atoms with Crippen LogP contribution in [0.5, 0.6) is 0 Å². The van der Waals surface area contributed by atoms with Crippen LogP contribution >= 0.6 is 23.2 Å². The fourth-order valence-corrected chi connectivity index (χ4v) is 0.786. The second kappa shape index (κ2) is 2.99. The van der Waals surface area contributed by atoms with Crippen LogP contribution in [0.15, 0.2) is 0 Å². The minimum absolute atomic E-state index is 0.195. The summed E-state index contributed by atoms with van der Waals surface area (Å²) in [5.41, 5.74) is -0.270. The van der Waals surface area contributed by atoms with E-state index in [1.165, 1.54) is 0 Å². The Hall–Kier alpha value is -0.920. The summed E-state index contributed by atoms with van der Waals surface area (Å²) in [4.78, 5) is 6.45. The summed E-state index contributed by atoms with van der Waals surface area (Å²) in [6, 6.07) is 1.56. The van der Waals surface area contributed by atoms with Crippen LogP contribution in [0.4, 0.5) is 4.39 Å². The van der Waals surface area contributed by atoms with E-state index < -0.39 is 11.1 Å². The van der Waals surface area contributed by atoms with Crippen molar-refractivity contribution in [1.82, 2.24) is 9.97 Å². The summed E-state index contributed by atoms with van der Waals surface area (Å²) in [5, 5.41) is 7.66. The number of nitrogens with zero attached hydrogens (tertiary/aromatic N) is 3. The van der Waals surface area contributed by atoms with Crippen molar-refractivity contribution < 1.29 is 4.39 Å². The number of aromatic nitrogens is 2. The Morgan fingerprint density at radius 2 is 1.91 bits per heavy atom. The largest absolute Gasteiger partial charge is 0.251 e. The second-order valence-corrected chi connectivity index (χ2v) is 2.27. The molecule has 0 fully saturated rings. The van der Waals surface area contributed by atoms with Gasteiger partial charge in [0.2, 0.25) is 0 Å². The van der Waals surface area contributed by atoms with Crippen molar-refractivity contribution in [3.05, 3.63) is 21.9 Å². The Kier molecular flexibility index (Phi) is 2.22. The average Bonchev–Trinajstić information content (AvgIpc) is 1.97. The van der Waals surface area contributed by atoms with Crippen molar-refractivity contribution in [2.45, 2.75) is 0 Å². The highest BCUT2D eigenvalue weighted by atomic mass is 35.5. The highest BCUT2D eigenvalue weighted by molar-refractivity contribution is 6.32. The maximum atomic E-state index is 12.4. The zero-order chi connectivity index (χ0) is 8.43. The normalized spacial score (nSPS) is 9.27. The molecule has 1 rings (SSSR count). The molecule has 0 spiro atoms. The molecule has 0 amide bonds. The highest BCUT2D eigenvalue weighted by Gasteiger charge is 2.09. The maximum absolute atomic E-state index is 12.4. The molecule has 0 aliphatic heterocycles. The standard InChI is InChI=1S/C5Cl2FN3/c6-3-2(1-9)10-5(8)4(7)11-3. The highest BCUT2D eigenvalue weighted by Crippen LogP contribution is 2.15. The molecule has 0 unspecified atom stereocenters. The van der Waals surface area contributed by atoms with Gasteiger partial charge in [-0.3, -0.25) is 0 Å². The van der Waals surface area contributed by atoms with Gasteiger partial charge in [0.15, 0.2) is 16.0 Å². The van der Waals surface area contributed by atoms with Gasteiger partial charge in [0.25, 0.3) is 5.95 Å². The lowest BCUT2D eigenvalue weighted by molar-refractivity contribution is 0.575. The van der Waals surface area contributed by atoms with E-state index in [4.69, 9.17) is 28.5 Å². The summed E-state index contributed by atoms with van der Waals surface area (Å²) in [6.45, 7) is 0. The molecule has 0 radical (unpaired) electrons. The predicted molar refractivity (Wildman–Crippen MR) is 36.7 cm³/mol. The van der Waals surface area contributed by atoms with Crippen LogP contribution < -0.4 is 0 Å². The molecule has 0 saturated heterocycles. The quantitative estimate of drug-likeness (QED) is 0.629. The van der Waals surface area contributed by atoms with Gasteiger partial charge in [-0.1, -0.05) is 23.2 Å². The molecule has 0 aromatic carbocycles. The molecule has 1 aromatic rings. The van der Waals surface area contributed by atoms with Gasteiger partial charge in [-0.15, -0.1) is 0 Å². The molecule has 3 nitrogen and oxygen atoms in total. The minimum atomic E-state index is -0.993. The van der Waals surface area contributed by atoms with Crippen molar-refractivity contribution in [2.24, 2.45) is 0 Å². The van der Waals surface area contributed by atoms with Crippen LogP contribution in [-0.4, -0.2) is 9.97 Å². The zero-order valence-corrected chi connectivity index (χ0v) is 6.49. The van der Waals surface area contributed by atoms with Crippen LogP contribution in [0.2, 0.25) is 10.3 Å².